The van der Waals surface area contributed by atoms with Gasteiger partial charge in [0, 0.05) is 18.3 Å². The molecule has 0 aliphatic heterocycles. The SMILES string of the molecule is CSCC(C)N(C)CC(O)COc1ccccc1C(N)=S. The monoisotopic (exact) mass is 328 g/mol. The lowest BCUT2D eigenvalue weighted by Gasteiger charge is -2.26. The highest BCUT2D eigenvalue weighted by atomic mass is 32.2. The molecule has 6 heteroatoms. The van der Waals surface area contributed by atoms with Gasteiger partial charge in [-0.1, -0.05) is 24.4 Å². The molecule has 1 aromatic rings. The first kappa shape index (κ1) is 18.2. The third-order valence-corrected chi connectivity index (χ3v) is 4.28. The van der Waals surface area contributed by atoms with Crippen molar-refractivity contribution in [3.63, 3.8) is 0 Å². The first-order chi connectivity index (χ1) is 9.95. The Morgan fingerprint density at radius 3 is 2.76 bits per heavy atom. The lowest BCUT2D eigenvalue weighted by molar-refractivity contribution is 0.0683. The van der Waals surface area contributed by atoms with E-state index in [0.29, 0.717) is 28.9 Å². The molecular formula is C15H24N2O2S2. The maximum atomic E-state index is 10.1. The van der Waals surface area contributed by atoms with Gasteiger partial charge in [-0.3, -0.25) is 0 Å². The van der Waals surface area contributed by atoms with E-state index in [9.17, 15) is 5.11 Å². The Bertz CT molecular complexity index is 457. The van der Waals surface area contributed by atoms with Crippen LogP contribution >= 0.6 is 24.0 Å². The zero-order chi connectivity index (χ0) is 15.8. The van der Waals surface area contributed by atoms with Crippen LogP contribution in [0.3, 0.4) is 0 Å². The predicted octanol–water partition coefficient (Wildman–Crippen LogP) is 1.74. The van der Waals surface area contributed by atoms with Crippen LogP contribution in [0.2, 0.25) is 0 Å². The second-order valence-electron chi connectivity index (χ2n) is 5.07. The first-order valence-corrected chi connectivity index (χ1v) is 8.64. The van der Waals surface area contributed by atoms with Gasteiger partial charge in [0.15, 0.2) is 0 Å². The number of hydrogen-bond acceptors (Lipinski definition) is 5. The number of thioether (sulfide) groups is 1. The predicted molar refractivity (Wildman–Crippen MR) is 94.3 cm³/mol. The van der Waals surface area contributed by atoms with E-state index in [1.54, 1.807) is 17.8 Å². The lowest BCUT2D eigenvalue weighted by atomic mass is 10.2. The zero-order valence-electron chi connectivity index (χ0n) is 12.8. The number of thiocarbonyl (C=S) groups is 1. The minimum absolute atomic E-state index is 0.218. The van der Waals surface area contributed by atoms with Gasteiger partial charge in [-0.15, -0.1) is 0 Å². The Morgan fingerprint density at radius 1 is 1.48 bits per heavy atom. The van der Waals surface area contributed by atoms with Crippen LogP contribution in [0.1, 0.15) is 12.5 Å². The van der Waals surface area contributed by atoms with Crippen LogP contribution in [0.15, 0.2) is 24.3 Å². The average Bonchev–Trinajstić information content (AvgIpc) is 2.45. The van der Waals surface area contributed by atoms with Gasteiger partial charge in [0.2, 0.25) is 0 Å². The molecule has 0 bridgehead atoms. The summed E-state index contributed by atoms with van der Waals surface area (Å²) in [5, 5.41) is 10.1. The van der Waals surface area contributed by atoms with E-state index in [2.05, 4.69) is 18.1 Å². The number of nitrogens with two attached hydrogens (primary N) is 1. The summed E-state index contributed by atoms with van der Waals surface area (Å²) in [5.41, 5.74) is 6.35. The van der Waals surface area contributed by atoms with Crippen molar-refractivity contribution in [3.05, 3.63) is 29.8 Å². The Morgan fingerprint density at radius 2 is 2.14 bits per heavy atom. The van der Waals surface area contributed by atoms with Gasteiger partial charge < -0.3 is 20.5 Å². The van der Waals surface area contributed by atoms with Gasteiger partial charge in [-0.05, 0) is 32.4 Å². The number of rotatable bonds is 9. The summed E-state index contributed by atoms with van der Waals surface area (Å²) in [6.45, 7) is 2.93. The molecule has 2 unspecified atom stereocenters. The highest BCUT2D eigenvalue weighted by Gasteiger charge is 2.15. The number of ether oxygens (including phenoxy) is 1. The molecule has 0 aromatic heterocycles. The summed E-state index contributed by atoms with van der Waals surface area (Å²) in [6.07, 6.45) is 1.52. The van der Waals surface area contributed by atoms with Crippen LogP contribution < -0.4 is 10.5 Å². The molecule has 0 fully saturated rings. The van der Waals surface area contributed by atoms with Crippen LogP contribution in [0.5, 0.6) is 5.75 Å². The number of nitrogens with zero attached hydrogens (tertiary/aromatic N) is 1. The van der Waals surface area contributed by atoms with E-state index >= 15 is 0 Å². The maximum absolute atomic E-state index is 10.1. The Hall–Kier alpha value is -0.820. The summed E-state index contributed by atoms with van der Waals surface area (Å²) in [5.74, 6) is 1.65. The molecule has 21 heavy (non-hydrogen) atoms. The van der Waals surface area contributed by atoms with Crippen molar-refractivity contribution in [3.8, 4) is 5.75 Å². The summed E-state index contributed by atoms with van der Waals surface area (Å²) >= 11 is 6.79. The number of benzene rings is 1. The minimum atomic E-state index is -0.557. The van der Waals surface area contributed by atoms with Gasteiger partial charge in [0.25, 0.3) is 0 Å². The highest BCUT2D eigenvalue weighted by molar-refractivity contribution is 7.98. The van der Waals surface area contributed by atoms with Gasteiger partial charge >= 0.3 is 0 Å². The van der Waals surface area contributed by atoms with Gasteiger partial charge in [-0.25, -0.2) is 0 Å². The van der Waals surface area contributed by atoms with E-state index in [-0.39, 0.29) is 6.61 Å². The van der Waals surface area contributed by atoms with Crippen molar-refractivity contribution >= 4 is 29.0 Å². The zero-order valence-corrected chi connectivity index (χ0v) is 14.4. The van der Waals surface area contributed by atoms with Gasteiger partial charge in [0.05, 0.1) is 5.56 Å². The number of likely N-dealkylation sites (N-methyl/N-ethyl adjacent to an activating group) is 1. The van der Waals surface area contributed by atoms with Crippen molar-refractivity contribution in [2.45, 2.75) is 19.1 Å². The Balaban J connectivity index is 2.50. The molecule has 0 aliphatic carbocycles. The third kappa shape index (κ3) is 6.22. The molecule has 3 N–H and O–H groups in total. The largest absolute Gasteiger partial charge is 0.490 e. The second kappa shape index (κ2) is 9.25. The molecule has 1 aromatic carbocycles. The molecule has 0 aliphatic rings. The van der Waals surface area contributed by atoms with E-state index < -0.39 is 6.10 Å². The second-order valence-corrected chi connectivity index (χ2v) is 6.42. The van der Waals surface area contributed by atoms with Crippen molar-refractivity contribution in [2.24, 2.45) is 5.73 Å². The quantitative estimate of drug-likeness (QED) is 0.674. The average molecular weight is 329 g/mol. The molecule has 2 atom stereocenters. The summed E-state index contributed by atoms with van der Waals surface area (Å²) in [7, 11) is 2.01. The molecule has 1 rings (SSSR count). The van der Waals surface area contributed by atoms with Gasteiger partial charge in [-0.2, -0.15) is 11.8 Å². The summed E-state index contributed by atoms with van der Waals surface area (Å²) in [4.78, 5) is 2.43. The van der Waals surface area contributed by atoms with Gasteiger partial charge in [0.1, 0.15) is 23.4 Å². The molecule has 0 heterocycles. The maximum Gasteiger partial charge on any atom is 0.129 e. The van der Waals surface area contributed by atoms with E-state index in [0.717, 1.165) is 5.75 Å². The summed E-state index contributed by atoms with van der Waals surface area (Å²) in [6, 6.07) is 7.75. The van der Waals surface area contributed by atoms with Crippen LogP contribution in [0, 0.1) is 0 Å². The van der Waals surface area contributed by atoms with Crippen molar-refractivity contribution in [2.75, 3.05) is 32.2 Å². The fourth-order valence-electron chi connectivity index (χ4n) is 1.92. The number of aliphatic hydroxyl groups is 1. The van der Waals surface area contributed by atoms with Crippen molar-refractivity contribution in [1.82, 2.24) is 4.90 Å². The van der Waals surface area contributed by atoms with Crippen LogP contribution in [0.25, 0.3) is 0 Å². The molecule has 0 radical (unpaired) electrons. The molecular weight excluding hydrogens is 304 g/mol. The van der Waals surface area contributed by atoms with E-state index in [1.165, 1.54) is 0 Å². The normalized spacial score (nSPS) is 14.0. The van der Waals surface area contributed by atoms with E-state index in [4.69, 9.17) is 22.7 Å². The van der Waals surface area contributed by atoms with Crippen molar-refractivity contribution in [1.29, 1.82) is 0 Å². The van der Waals surface area contributed by atoms with E-state index in [1.807, 2.05) is 25.2 Å². The smallest absolute Gasteiger partial charge is 0.129 e. The molecule has 0 amide bonds. The Kier molecular flexibility index (Phi) is 8.03. The van der Waals surface area contributed by atoms with Crippen molar-refractivity contribution < 1.29 is 9.84 Å². The van der Waals surface area contributed by atoms with Crippen LogP contribution in [-0.2, 0) is 0 Å². The topological polar surface area (TPSA) is 58.7 Å². The molecule has 4 nitrogen and oxygen atoms in total. The fraction of sp³-hybridized carbons (Fsp3) is 0.533. The highest BCUT2D eigenvalue weighted by Crippen LogP contribution is 2.18. The van der Waals surface area contributed by atoms with Crippen LogP contribution in [-0.4, -0.2) is 59.3 Å². The molecule has 118 valence electrons. The fourth-order valence-corrected chi connectivity index (χ4v) is 2.82. The third-order valence-electron chi connectivity index (χ3n) is 3.24. The number of para-hydroxylation sites is 1. The number of aliphatic hydroxyl groups excluding tert-OH is 1. The summed E-state index contributed by atoms with van der Waals surface area (Å²) < 4.78 is 5.65. The molecule has 0 spiro atoms. The molecule has 0 saturated heterocycles. The Labute approximate surface area is 136 Å². The van der Waals surface area contributed by atoms with Crippen LogP contribution in [0.4, 0.5) is 0 Å². The first-order valence-electron chi connectivity index (χ1n) is 6.84. The number of hydrogen-bond donors (Lipinski definition) is 2. The molecule has 0 saturated carbocycles. The standard InChI is InChI=1S/C15H24N2O2S2/c1-11(10-21-3)17(2)8-12(18)9-19-14-7-5-4-6-13(14)15(16)20/h4-7,11-12,18H,8-10H2,1-3H3,(H2,16,20). The lowest BCUT2D eigenvalue weighted by Crippen LogP contribution is -2.39. The minimum Gasteiger partial charge on any atom is -0.490 e.